The van der Waals surface area contributed by atoms with Gasteiger partial charge in [0.1, 0.15) is 5.52 Å². The second-order valence-corrected chi connectivity index (χ2v) is 3.67. The molecule has 3 aromatic rings. The maximum Gasteiger partial charge on any atom is 0.107 e. The molecule has 3 rings (SSSR count). The summed E-state index contributed by atoms with van der Waals surface area (Å²) in [6.45, 7) is 0.673. The van der Waals surface area contributed by atoms with Crippen molar-refractivity contribution in [3.63, 3.8) is 0 Å². The number of hydrogen-bond acceptors (Lipinski definition) is 3. The zero-order valence-corrected chi connectivity index (χ0v) is 9.17. The average molecular weight is 231 g/mol. The van der Waals surface area contributed by atoms with Crippen molar-refractivity contribution >= 4 is 21.9 Å². The average Bonchev–Trinajstić information content (AvgIpc) is 2.73. The number of para-hydroxylation sites is 1. The van der Waals surface area contributed by atoms with Crippen LogP contribution in [0.15, 0.2) is 36.8 Å². The second-order valence-electron chi connectivity index (χ2n) is 3.67. The number of aliphatic hydroxyl groups is 1. The molecule has 0 aliphatic heterocycles. The summed E-state index contributed by atoms with van der Waals surface area (Å²) in [6.07, 6.45) is 3.51. The number of benzene rings is 1. The minimum absolute atomic E-state index is 0. The lowest BCUT2D eigenvalue weighted by Crippen LogP contribution is -2.00. The van der Waals surface area contributed by atoms with Gasteiger partial charge in [-0.05, 0) is 6.07 Å². The van der Waals surface area contributed by atoms with E-state index in [0.717, 1.165) is 21.9 Å². The van der Waals surface area contributed by atoms with Crippen LogP contribution < -0.4 is 0 Å². The highest BCUT2D eigenvalue weighted by Crippen LogP contribution is 2.22. The third-order valence-electron chi connectivity index (χ3n) is 2.69. The van der Waals surface area contributed by atoms with Gasteiger partial charge in [0.25, 0.3) is 0 Å². The van der Waals surface area contributed by atoms with Crippen LogP contribution in [0, 0.1) is 0 Å². The highest BCUT2D eigenvalue weighted by atomic mass is 16.3. The number of imidazole rings is 1. The summed E-state index contributed by atoms with van der Waals surface area (Å²) in [7, 11) is 0. The van der Waals surface area contributed by atoms with Crippen molar-refractivity contribution in [3.05, 3.63) is 36.8 Å². The number of aliphatic hydroxyl groups excluding tert-OH is 1. The van der Waals surface area contributed by atoms with Crippen molar-refractivity contribution in [2.24, 2.45) is 0 Å². The van der Waals surface area contributed by atoms with Crippen molar-refractivity contribution in [1.82, 2.24) is 14.5 Å². The van der Waals surface area contributed by atoms with Gasteiger partial charge in [-0.1, -0.05) is 18.2 Å². The van der Waals surface area contributed by atoms with E-state index < -0.39 is 0 Å². The largest absolute Gasteiger partial charge is 0.412 e. The van der Waals surface area contributed by atoms with Gasteiger partial charge >= 0.3 is 0 Å². The van der Waals surface area contributed by atoms with Gasteiger partial charge in [0.05, 0.1) is 30.2 Å². The minimum Gasteiger partial charge on any atom is -0.412 e. The first-order valence-electron chi connectivity index (χ1n) is 5.19. The Labute approximate surface area is 97.7 Å². The van der Waals surface area contributed by atoms with Crippen LogP contribution in [0.2, 0.25) is 0 Å². The molecule has 3 N–H and O–H groups in total. The highest BCUT2D eigenvalue weighted by Gasteiger charge is 2.06. The number of hydrogen-bond donors (Lipinski definition) is 1. The van der Waals surface area contributed by atoms with Gasteiger partial charge in [-0.3, -0.25) is 4.98 Å². The fourth-order valence-corrected chi connectivity index (χ4v) is 1.98. The Bertz CT molecular complexity index is 648. The number of nitrogens with zero attached hydrogens (tertiary/aromatic N) is 3. The van der Waals surface area contributed by atoms with Crippen molar-refractivity contribution in [2.45, 2.75) is 6.54 Å². The standard InChI is InChI=1S/C12H11N3O.H2O/c16-6-5-15-8-14-11-7-13-10-4-2-1-3-9(10)12(11)15;/h1-4,7-8,16H,5-6H2;1H2. The quantitative estimate of drug-likeness (QED) is 0.706. The normalized spacial score (nSPS) is 10.6. The SMILES string of the molecule is O.OCCn1cnc2cnc3ccccc3c21. The summed E-state index contributed by atoms with van der Waals surface area (Å²) < 4.78 is 1.96. The molecule has 0 aliphatic carbocycles. The third-order valence-corrected chi connectivity index (χ3v) is 2.69. The van der Waals surface area contributed by atoms with Crippen molar-refractivity contribution in [1.29, 1.82) is 0 Å². The Balaban J connectivity index is 0.00000108. The molecule has 0 saturated heterocycles. The molecule has 0 radical (unpaired) electrons. The Hall–Kier alpha value is -1.98. The summed E-state index contributed by atoms with van der Waals surface area (Å²) in [6, 6.07) is 7.96. The topological polar surface area (TPSA) is 82.4 Å². The predicted molar refractivity (Wildman–Crippen MR) is 65.7 cm³/mol. The summed E-state index contributed by atoms with van der Waals surface area (Å²) >= 11 is 0. The monoisotopic (exact) mass is 231 g/mol. The summed E-state index contributed by atoms with van der Waals surface area (Å²) in [5.74, 6) is 0. The Morgan fingerprint density at radius 3 is 2.76 bits per heavy atom. The Morgan fingerprint density at radius 2 is 1.94 bits per heavy atom. The van der Waals surface area contributed by atoms with Crippen molar-refractivity contribution in [3.8, 4) is 0 Å². The maximum absolute atomic E-state index is 9.01. The van der Waals surface area contributed by atoms with E-state index >= 15 is 0 Å². The molecule has 5 nitrogen and oxygen atoms in total. The first kappa shape index (κ1) is 11.5. The molecule has 88 valence electrons. The smallest absolute Gasteiger partial charge is 0.107 e. The molecule has 0 unspecified atom stereocenters. The fourth-order valence-electron chi connectivity index (χ4n) is 1.98. The van der Waals surface area contributed by atoms with E-state index in [0.29, 0.717) is 6.54 Å². The zero-order chi connectivity index (χ0) is 11.0. The van der Waals surface area contributed by atoms with Crippen LogP contribution in [0.5, 0.6) is 0 Å². The first-order valence-corrected chi connectivity index (χ1v) is 5.19. The molecule has 2 heterocycles. The second kappa shape index (κ2) is 4.48. The molecule has 0 atom stereocenters. The van der Waals surface area contributed by atoms with E-state index in [-0.39, 0.29) is 12.1 Å². The number of aromatic nitrogens is 3. The Morgan fingerprint density at radius 1 is 1.12 bits per heavy atom. The van der Waals surface area contributed by atoms with Gasteiger partial charge in [0.15, 0.2) is 0 Å². The zero-order valence-electron chi connectivity index (χ0n) is 9.17. The summed E-state index contributed by atoms with van der Waals surface area (Å²) in [5, 5.41) is 10.1. The number of fused-ring (bicyclic) bond motifs is 3. The molecule has 0 amide bonds. The van der Waals surface area contributed by atoms with Crippen molar-refractivity contribution < 1.29 is 10.6 Å². The molecule has 0 spiro atoms. The lowest BCUT2D eigenvalue weighted by atomic mass is 10.2. The molecule has 5 heteroatoms. The predicted octanol–water partition coefficient (Wildman–Crippen LogP) is 0.752. The van der Waals surface area contributed by atoms with Crippen LogP contribution >= 0.6 is 0 Å². The van der Waals surface area contributed by atoms with E-state index in [4.69, 9.17) is 5.11 Å². The molecule has 1 aromatic carbocycles. The number of pyridine rings is 1. The van der Waals surface area contributed by atoms with Crippen LogP contribution in [0.3, 0.4) is 0 Å². The molecule has 0 saturated carbocycles. The van der Waals surface area contributed by atoms with Crippen LogP contribution in [0.25, 0.3) is 21.9 Å². The summed E-state index contributed by atoms with van der Waals surface area (Å²) in [4.78, 5) is 8.62. The lowest BCUT2D eigenvalue weighted by molar-refractivity contribution is 0.278. The molecule has 17 heavy (non-hydrogen) atoms. The number of rotatable bonds is 2. The summed E-state index contributed by atoms with van der Waals surface area (Å²) in [5.41, 5.74) is 2.86. The lowest BCUT2D eigenvalue weighted by Gasteiger charge is -2.03. The van der Waals surface area contributed by atoms with Gasteiger partial charge in [-0.25, -0.2) is 4.98 Å². The van der Waals surface area contributed by atoms with Gasteiger partial charge in [0.2, 0.25) is 0 Å². The Kier molecular flexibility index (Phi) is 3.03. The third kappa shape index (κ3) is 1.75. The molecular weight excluding hydrogens is 218 g/mol. The molecule has 2 aromatic heterocycles. The van der Waals surface area contributed by atoms with Crippen LogP contribution in [-0.4, -0.2) is 31.7 Å². The maximum atomic E-state index is 9.01. The van der Waals surface area contributed by atoms with Gasteiger partial charge in [0, 0.05) is 11.9 Å². The van der Waals surface area contributed by atoms with Gasteiger partial charge in [-0.15, -0.1) is 0 Å². The molecular formula is C12H13N3O2. The molecule has 0 aliphatic rings. The van der Waals surface area contributed by atoms with Crippen LogP contribution in [0.4, 0.5) is 0 Å². The molecule has 0 fully saturated rings. The highest BCUT2D eigenvalue weighted by molar-refractivity contribution is 6.01. The van der Waals surface area contributed by atoms with E-state index in [9.17, 15) is 0 Å². The molecule has 0 bridgehead atoms. The first-order chi connectivity index (χ1) is 7.90. The van der Waals surface area contributed by atoms with E-state index in [1.54, 1.807) is 12.5 Å². The van der Waals surface area contributed by atoms with Gasteiger partial charge in [-0.2, -0.15) is 0 Å². The minimum atomic E-state index is 0. The van der Waals surface area contributed by atoms with Crippen LogP contribution in [0.1, 0.15) is 0 Å². The van der Waals surface area contributed by atoms with E-state index in [1.807, 2.05) is 28.8 Å². The van der Waals surface area contributed by atoms with E-state index in [1.165, 1.54) is 0 Å². The van der Waals surface area contributed by atoms with Crippen LogP contribution in [-0.2, 0) is 6.54 Å². The van der Waals surface area contributed by atoms with Gasteiger partial charge < -0.3 is 15.1 Å². The van der Waals surface area contributed by atoms with E-state index in [2.05, 4.69) is 9.97 Å². The fraction of sp³-hybridized carbons (Fsp3) is 0.167. The van der Waals surface area contributed by atoms with Crippen molar-refractivity contribution in [2.75, 3.05) is 6.61 Å².